The molecule has 12 heavy (non-hydrogen) atoms. The highest BCUT2D eigenvalue weighted by atomic mass is 79.9. The minimum atomic E-state index is -0.344. The highest BCUT2D eigenvalue weighted by molar-refractivity contribution is 9.25. The van der Waals surface area contributed by atoms with Crippen LogP contribution in [0.25, 0.3) is 0 Å². The fourth-order valence-electron chi connectivity index (χ4n) is 0.768. The van der Waals surface area contributed by atoms with Gasteiger partial charge in [-0.25, -0.2) is 0 Å². The van der Waals surface area contributed by atoms with Gasteiger partial charge in [0.1, 0.15) is 3.74 Å². The molecule has 0 saturated heterocycles. The fourth-order valence-corrected chi connectivity index (χ4v) is 1.49. The zero-order valence-corrected chi connectivity index (χ0v) is 9.86. The highest BCUT2D eigenvalue weighted by Gasteiger charge is 2.12. The molecule has 1 nitrogen and oxygen atoms in total. The Morgan fingerprint density at radius 1 is 1.42 bits per heavy atom. The molecule has 1 aromatic carbocycles. The van der Waals surface area contributed by atoms with Crippen LogP contribution in [0.4, 0.5) is 0 Å². The lowest BCUT2D eigenvalue weighted by Crippen LogP contribution is -2.06. The van der Waals surface area contributed by atoms with Gasteiger partial charge < -0.3 is 0 Å². The van der Waals surface area contributed by atoms with Crippen molar-refractivity contribution in [2.45, 2.75) is 3.74 Å². The number of Topliss-reactive ketones (excluding diaryl/α,β-unsaturated/α-hetero) is 1. The molecular weight excluding hydrogens is 307 g/mol. The molecular formula is C8H5Br2ClO. The van der Waals surface area contributed by atoms with Crippen LogP contribution in [0.1, 0.15) is 10.4 Å². The van der Waals surface area contributed by atoms with Crippen LogP contribution in [-0.4, -0.2) is 9.52 Å². The maximum atomic E-state index is 11.3. The van der Waals surface area contributed by atoms with Gasteiger partial charge in [-0.3, -0.25) is 4.79 Å². The second-order valence-electron chi connectivity index (χ2n) is 2.18. The second-order valence-corrected chi connectivity index (χ2v) is 5.67. The van der Waals surface area contributed by atoms with Crippen LogP contribution in [0.5, 0.6) is 0 Å². The van der Waals surface area contributed by atoms with E-state index in [1.807, 2.05) is 0 Å². The van der Waals surface area contributed by atoms with E-state index in [4.69, 9.17) is 11.6 Å². The van der Waals surface area contributed by atoms with Crippen molar-refractivity contribution in [3.8, 4) is 0 Å². The molecule has 0 heterocycles. The zero-order valence-electron chi connectivity index (χ0n) is 5.93. The molecule has 0 amide bonds. The van der Waals surface area contributed by atoms with E-state index in [2.05, 4.69) is 31.9 Å². The number of halogens is 3. The summed E-state index contributed by atoms with van der Waals surface area (Å²) in [6.45, 7) is 0. The number of hydrogen-bond acceptors (Lipinski definition) is 1. The van der Waals surface area contributed by atoms with Crippen molar-refractivity contribution in [3.63, 3.8) is 0 Å². The molecule has 0 unspecified atom stereocenters. The number of alkyl halides is 2. The summed E-state index contributed by atoms with van der Waals surface area (Å²) in [7, 11) is 0. The van der Waals surface area contributed by atoms with Crippen molar-refractivity contribution in [3.05, 3.63) is 34.9 Å². The van der Waals surface area contributed by atoms with E-state index in [0.717, 1.165) is 0 Å². The molecule has 0 fully saturated rings. The number of rotatable bonds is 2. The average Bonchev–Trinajstić information content (AvgIpc) is 2.03. The third-order valence-electron chi connectivity index (χ3n) is 1.31. The Hall–Kier alpha value is 0.140. The maximum absolute atomic E-state index is 11.3. The molecule has 0 N–H and O–H groups in total. The zero-order chi connectivity index (χ0) is 9.14. The van der Waals surface area contributed by atoms with E-state index in [-0.39, 0.29) is 9.52 Å². The van der Waals surface area contributed by atoms with Crippen molar-refractivity contribution in [2.24, 2.45) is 0 Å². The van der Waals surface area contributed by atoms with Gasteiger partial charge in [-0.15, -0.1) is 0 Å². The second kappa shape index (κ2) is 4.40. The van der Waals surface area contributed by atoms with Crippen LogP contribution < -0.4 is 0 Å². The fraction of sp³-hybridized carbons (Fsp3) is 0.125. The van der Waals surface area contributed by atoms with Gasteiger partial charge in [0.15, 0.2) is 5.78 Å². The number of benzene rings is 1. The molecule has 0 spiro atoms. The molecule has 1 rings (SSSR count). The quantitative estimate of drug-likeness (QED) is 0.602. The largest absolute Gasteiger partial charge is 0.292 e. The van der Waals surface area contributed by atoms with Gasteiger partial charge in [0.05, 0.1) is 0 Å². The summed E-state index contributed by atoms with van der Waals surface area (Å²) in [5, 5.41) is 0.571. The van der Waals surface area contributed by atoms with E-state index in [0.29, 0.717) is 10.6 Å². The van der Waals surface area contributed by atoms with E-state index in [9.17, 15) is 4.79 Å². The van der Waals surface area contributed by atoms with Gasteiger partial charge in [-0.1, -0.05) is 55.6 Å². The molecule has 0 aliphatic carbocycles. The third-order valence-corrected chi connectivity index (χ3v) is 2.37. The van der Waals surface area contributed by atoms with Crippen LogP contribution in [0.2, 0.25) is 5.02 Å². The summed E-state index contributed by atoms with van der Waals surface area (Å²) < 4.78 is -0.344. The molecule has 0 aliphatic rings. The van der Waals surface area contributed by atoms with Crippen LogP contribution in [0, 0.1) is 0 Å². The predicted molar refractivity (Wildman–Crippen MR) is 57.4 cm³/mol. The minimum Gasteiger partial charge on any atom is -0.292 e. The molecule has 0 aromatic heterocycles. The summed E-state index contributed by atoms with van der Waals surface area (Å²) in [6, 6.07) is 6.84. The highest BCUT2D eigenvalue weighted by Crippen LogP contribution is 2.18. The SMILES string of the molecule is O=C(c1cccc(Cl)c1)C(Br)Br. The van der Waals surface area contributed by atoms with Gasteiger partial charge in [0.2, 0.25) is 0 Å². The Balaban J connectivity index is 2.96. The maximum Gasteiger partial charge on any atom is 0.187 e. The molecule has 1 aromatic rings. The van der Waals surface area contributed by atoms with Gasteiger partial charge in [-0.05, 0) is 12.1 Å². The number of ketones is 1. The van der Waals surface area contributed by atoms with Crippen molar-refractivity contribution in [1.82, 2.24) is 0 Å². The van der Waals surface area contributed by atoms with Gasteiger partial charge in [-0.2, -0.15) is 0 Å². The van der Waals surface area contributed by atoms with Gasteiger partial charge >= 0.3 is 0 Å². The monoisotopic (exact) mass is 310 g/mol. The standard InChI is InChI=1S/C8H5Br2ClO/c9-8(10)7(12)5-2-1-3-6(11)4-5/h1-4,8H. The van der Waals surface area contributed by atoms with Crippen molar-refractivity contribution in [1.29, 1.82) is 0 Å². The molecule has 0 atom stereocenters. The molecule has 64 valence electrons. The molecule has 0 radical (unpaired) electrons. The van der Waals surface area contributed by atoms with Crippen LogP contribution >= 0.6 is 43.5 Å². The average molecular weight is 312 g/mol. The Morgan fingerprint density at radius 2 is 2.08 bits per heavy atom. The Bertz CT molecular complexity index is 299. The lowest BCUT2D eigenvalue weighted by atomic mass is 10.2. The Labute approximate surface area is 92.4 Å². The Morgan fingerprint density at radius 3 is 2.58 bits per heavy atom. The van der Waals surface area contributed by atoms with E-state index >= 15 is 0 Å². The number of hydrogen-bond donors (Lipinski definition) is 0. The lowest BCUT2D eigenvalue weighted by molar-refractivity contribution is 0.101. The topological polar surface area (TPSA) is 17.1 Å². The first-order chi connectivity index (χ1) is 5.61. The smallest absolute Gasteiger partial charge is 0.187 e. The first-order valence-electron chi connectivity index (χ1n) is 3.19. The third kappa shape index (κ3) is 2.57. The summed E-state index contributed by atoms with van der Waals surface area (Å²) >= 11 is 12.0. The first kappa shape index (κ1) is 10.2. The van der Waals surface area contributed by atoms with E-state index < -0.39 is 0 Å². The van der Waals surface area contributed by atoms with E-state index in [1.165, 1.54) is 0 Å². The van der Waals surface area contributed by atoms with Crippen molar-refractivity contribution >= 4 is 49.2 Å². The molecule has 0 aliphatic heterocycles. The summed E-state index contributed by atoms with van der Waals surface area (Å²) in [5.74, 6) is -0.0301. The summed E-state index contributed by atoms with van der Waals surface area (Å²) in [5.41, 5.74) is 0.598. The van der Waals surface area contributed by atoms with E-state index in [1.54, 1.807) is 24.3 Å². The van der Waals surface area contributed by atoms with Crippen molar-refractivity contribution in [2.75, 3.05) is 0 Å². The van der Waals surface area contributed by atoms with Gasteiger partial charge in [0, 0.05) is 10.6 Å². The van der Waals surface area contributed by atoms with Crippen molar-refractivity contribution < 1.29 is 4.79 Å². The van der Waals surface area contributed by atoms with Gasteiger partial charge in [0.25, 0.3) is 0 Å². The predicted octanol–water partition coefficient (Wildman–Crippen LogP) is 3.64. The Kier molecular flexibility index (Phi) is 3.75. The van der Waals surface area contributed by atoms with Crippen LogP contribution in [0.15, 0.2) is 24.3 Å². The molecule has 0 saturated carbocycles. The summed E-state index contributed by atoms with van der Waals surface area (Å²) in [6.07, 6.45) is 0. The lowest BCUT2D eigenvalue weighted by Gasteiger charge is -2.00. The first-order valence-corrected chi connectivity index (χ1v) is 5.40. The molecule has 4 heteroatoms. The minimum absolute atomic E-state index is 0.0301. The van der Waals surface area contributed by atoms with Crippen LogP contribution in [-0.2, 0) is 0 Å². The summed E-state index contributed by atoms with van der Waals surface area (Å²) in [4.78, 5) is 11.3. The number of carbonyl (C=O) groups is 1. The normalized spacial score (nSPS) is 10.3. The van der Waals surface area contributed by atoms with Crippen LogP contribution in [0.3, 0.4) is 0 Å². The number of carbonyl (C=O) groups excluding carboxylic acids is 1. The molecule has 0 bridgehead atoms.